The molecular formula is C11H15FN2S. The van der Waals surface area contributed by atoms with Gasteiger partial charge in [0.15, 0.2) is 5.11 Å². The lowest BCUT2D eigenvalue weighted by Gasteiger charge is -2.08. The van der Waals surface area contributed by atoms with Crippen LogP contribution < -0.4 is 10.6 Å². The van der Waals surface area contributed by atoms with Gasteiger partial charge in [-0.2, -0.15) is 0 Å². The minimum Gasteiger partial charge on any atom is -0.366 e. The minimum atomic E-state index is -0.185. The number of hydrogen-bond donors (Lipinski definition) is 2. The van der Waals surface area contributed by atoms with Crippen LogP contribution in [0.5, 0.6) is 0 Å². The summed E-state index contributed by atoms with van der Waals surface area (Å²) in [7, 11) is 1.78. The van der Waals surface area contributed by atoms with Gasteiger partial charge in [-0.3, -0.25) is 0 Å². The molecule has 0 saturated heterocycles. The number of nitrogens with one attached hydrogen (secondary N) is 2. The largest absolute Gasteiger partial charge is 0.366 e. The second kappa shape index (κ2) is 5.66. The van der Waals surface area contributed by atoms with Crippen molar-refractivity contribution < 1.29 is 4.39 Å². The fraction of sp³-hybridized carbons (Fsp3) is 0.364. The Morgan fingerprint density at radius 1 is 1.47 bits per heavy atom. The molecule has 1 aromatic carbocycles. The first-order chi connectivity index (χ1) is 7.13. The second-order valence-corrected chi connectivity index (χ2v) is 3.73. The summed E-state index contributed by atoms with van der Waals surface area (Å²) in [4.78, 5) is 0. The average Bonchev–Trinajstić information content (AvgIpc) is 2.21. The molecule has 4 heteroatoms. The van der Waals surface area contributed by atoms with Gasteiger partial charge in [0.2, 0.25) is 0 Å². The Morgan fingerprint density at radius 3 is 2.80 bits per heavy atom. The van der Waals surface area contributed by atoms with Crippen LogP contribution in [0, 0.1) is 12.7 Å². The third-order valence-electron chi connectivity index (χ3n) is 2.21. The lowest BCUT2D eigenvalue weighted by molar-refractivity contribution is 0.625. The van der Waals surface area contributed by atoms with Gasteiger partial charge in [0.05, 0.1) is 0 Å². The Balaban J connectivity index is 2.47. The van der Waals surface area contributed by atoms with E-state index in [1.165, 1.54) is 6.07 Å². The molecule has 1 aromatic rings. The highest BCUT2D eigenvalue weighted by Crippen LogP contribution is 2.10. The second-order valence-electron chi connectivity index (χ2n) is 3.33. The molecular weight excluding hydrogens is 211 g/mol. The molecule has 0 amide bonds. The summed E-state index contributed by atoms with van der Waals surface area (Å²) in [6, 6.07) is 4.85. The van der Waals surface area contributed by atoms with E-state index >= 15 is 0 Å². The third-order valence-corrected chi connectivity index (χ3v) is 2.56. The van der Waals surface area contributed by atoms with Crippen molar-refractivity contribution in [2.24, 2.45) is 0 Å². The van der Waals surface area contributed by atoms with Crippen LogP contribution in [0.15, 0.2) is 18.2 Å². The molecule has 15 heavy (non-hydrogen) atoms. The molecule has 2 N–H and O–H groups in total. The van der Waals surface area contributed by atoms with E-state index in [4.69, 9.17) is 12.2 Å². The fourth-order valence-electron chi connectivity index (χ4n) is 1.34. The van der Waals surface area contributed by atoms with E-state index in [0.717, 1.165) is 24.1 Å². The zero-order valence-corrected chi connectivity index (χ0v) is 9.75. The standard InChI is InChI=1S/C11H15FN2S/c1-8-7-10(12)4-3-9(8)5-6-14-11(15)13-2/h3-4,7H,5-6H2,1-2H3,(H2,13,14,15). The Kier molecular flexibility index (Phi) is 4.49. The normalized spacial score (nSPS) is 9.80. The summed E-state index contributed by atoms with van der Waals surface area (Å²) in [6.45, 7) is 2.67. The number of aryl methyl sites for hydroxylation is 1. The van der Waals surface area contributed by atoms with Gasteiger partial charge in [0.25, 0.3) is 0 Å². The first-order valence-corrected chi connectivity index (χ1v) is 5.25. The molecule has 0 saturated carbocycles. The van der Waals surface area contributed by atoms with E-state index in [9.17, 15) is 4.39 Å². The average molecular weight is 226 g/mol. The number of thiocarbonyl (C=S) groups is 1. The molecule has 0 aliphatic carbocycles. The summed E-state index contributed by atoms with van der Waals surface area (Å²) in [5, 5.41) is 6.52. The highest BCUT2D eigenvalue weighted by molar-refractivity contribution is 7.80. The van der Waals surface area contributed by atoms with Crippen molar-refractivity contribution in [1.29, 1.82) is 0 Å². The van der Waals surface area contributed by atoms with Crippen molar-refractivity contribution in [2.45, 2.75) is 13.3 Å². The molecule has 0 spiro atoms. The topological polar surface area (TPSA) is 24.1 Å². The number of benzene rings is 1. The lowest BCUT2D eigenvalue weighted by atomic mass is 10.1. The smallest absolute Gasteiger partial charge is 0.166 e. The number of hydrogen-bond acceptors (Lipinski definition) is 1. The molecule has 0 fully saturated rings. The van der Waals surface area contributed by atoms with Crippen LogP contribution in [-0.4, -0.2) is 18.7 Å². The summed E-state index contributed by atoms with van der Waals surface area (Å²) >= 11 is 4.94. The monoisotopic (exact) mass is 226 g/mol. The maximum atomic E-state index is 12.8. The molecule has 0 atom stereocenters. The fourth-order valence-corrected chi connectivity index (χ4v) is 1.44. The van der Waals surface area contributed by atoms with Crippen LogP contribution in [-0.2, 0) is 6.42 Å². The van der Waals surface area contributed by atoms with Crippen molar-refractivity contribution in [3.8, 4) is 0 Å². The van der Waals surface area contributed by atoms with Crippen LogP contribution >= 0.6 is 12.2 Å². The summed E-state index contributed by atoms with van der Waals surface area (Å²) in [5.41, 5.74) is 2.12. The number of rotatable bonds is 3. The van der Waals surface area contributed by atoms with Gasteiger partial charge in [0.1, 0.15) is 5.82 Å². The third kappa shape index (κ3) is 3.83. The molecule has 0 bridgehead atoms. The first kappa shape index (κ1) is 11.9. The summed E-state index contributed by atoms with van der Waals surface area (Å²) < 4.78 is 12.8. The molecule has 0 unspecified atom stereocenters. The zero-order chi connectivity index (χ0) is 11.3. The molecule has 0 aromatic heterocycles. The maximum absolute atomic E-state index is 12.8. The Labute approximate surface area is 94.9 Å². The van der Waals surface area contributed by atoms with E-state index in [2.05, 4.69) is 10.6 Å². The van der Waals surface area contributed by atoms with Gasteiger partial charge >= 0.3 is 0 Å². The van der Waals surface area contributed by atoms with Gasteiger partial charge in [-0.15, -0.1) is 0 Å². The molecule has 0 heterocycles. The van der Waals surface area contributed by atoms with Gasteiger partial charge < -0.3 is 10.6 Å². The maximum Gasteiger partial charge on any atom is 0.166 e. The predicted octanol–water partition coefficient (Wildman–Crippen LogP) is 1.77. The Bertz CT molecular complexity index is 352. The zero-order valence-electron chi connectivity index (χ0n) is 8.93. The molecule has 1 rings (SSSR count). The minimum absolute atomic E-state index is 0.185. The van der Waals surface area contributed by atoms with E-state index in [1.54, 1.807) is 13.1 Å². The van der Waals surface area contributed by atoms with Crippen molar-refractivity contribution in [3.05, 3.63) is 35.1 Å². The van der Waals surface area contributed by atoms with Crippen LogP contribution in [0.1, 0.15) is 11.1 Å². The molecule has 2 nitrogen and oxygen atoms in total. The Hall–Kier alpha value is -1.16. The Morgan fingerprint density at radius 2 is 2.20 bits per heavy atom. The highest BCUT2D eigenvalue weighted by Gasteiger charge is 2.00. The van der Waals surface area contributed by atoms with Gasteiger partial charge in [-0.1, -0.05) is 6.07 Å². The van der Waals surface area contributed by atoms with Crippen LogP contribution in [0.3, 0.4) is 0 Å². The van der Waals surface area contributed by atoms with Crippen LogP contribution in [0.25, 0.3) is 0 Å². The van der Waals surface area contributed by atoms with E-state index in [-0.39, 0.29) is 5.82 Å². The predicted molar refractivity (Wildman–Crippen MR) is 64.5 cm³/mol. The van der Waals surface area contributed by atoms with Crippen LogP contribution in [0.4, 0.5) is 4.39 Å². The van der Waals surface area contributed by atoms with E-state index < -0.39 is 0 Å². The molecule has 0 aliphatic rings. The lowest BCUT2D eigenvalue weighted by Crippen LogP contribution is -2.33. The molecule has 0 radical (unpaired) electrons. The van der Waals surface area contributed by atoms with Gasteiger partial charge in [-0.05, 0) is 48.8 Å². The summed E-state index contributed by atoms with van der Waals surface area (Å²) in [6.07, 6.45) is 0.841. The van der Waals surface area contributed by atoms with Gasteiger partial charge in [-0.25, -0.2) is 4.39 Å². The van der Waals surface area contributed by atoms with Crippen LogP contribution in [0.2, 0.25) is 0 Å². The number of halogens is 1. The first-order valence-electron chi connectivity index (χ1n) is 4.84. The van der Waals surface area contributed by atoms with Crippen molar-refractivity contribution in [3.63, 3.8) is 0 Å². The van der Waals surface area contributed by atoms with Crippen molar-refractivity contribution in [2.75, 3.05) is 13.6 Å². The molecule has 82 valence electrons. The van der Waals surface area contributed by atoms with Gasteiger partial charge in [0, 0.05) is 13.6 Å². The molecule has 0 aliphatic heterocycles. The van der Waals surface area contributed by atoms with E-state index in [1.807, 2.05) is 13.0 Å². The van der Waals surface area contributed by atoms with E-state index in [0.29, 0.717) is 5.11 Å². The highest BCUT2D eigenvalue weighted by atomic mass is 32.1. The quantitative estimate of drug-likeness (QED) is 0.768. The van der Waals surface area contributed by atoms with Crippen molar-refractivity contribution in [1.82, 2.24) is 10.6 Å². The van der Waals surface area contributed by atoms with Crippen molar-refractivity contribution >= 4 is 17.3 Å². The summed E-state index contributed by atoms with van der Waals surface area (Å²) in [5.74, 6) is -0.185. The SMILES string of the molecule is CNC(=S)NCCc1ccc(F)cc1C.